The largest absolute Gasteiger partial charge is 0.281 e. The molecule has 0 N–H and O–H groups in total. The van der Waals surface area contributed by atoms with E-state index in [1.165, 1.54) is 23.5 Å². The molecule has 3 nitrogen and oxygen atoms in total. The average molecular weight is 361 g/mol. The van der Waals surface area contributed by atoms with Crippen molar-refractivity contribution in [1.29, 1.82) is 0 Å². The van der Waals surface area contributed by atoms with Crippen LogP contribution in [-0.4, -0.2) is 21.2 Å². The number of halogens is 1. The summed E-state index contributed by atoms with van der Waals surface area (Å²) in [5.74, 6) is 0. The molecule has 0 saturated carbocycles. The van der Waals surface area contributed by atoms with Gasteiger partial charge in [-0.25, -0.2) is 4.68 Å². The third-order valence-electron chi connectivity index (χ3n) is 3.14. The van der Waals surface area contributed by atoms with Gasteiger partial charge in [-0.1, -0.05) is 29.8 Å². The summed E-state index contributed by atoms with van der Waals surface area (Å²) in [6, 6.07) is 17.0. The van der Waals surface area contributed by atoms with E-state index in [1.54, 1.807) is 23.0 Å². The Morgan fingerprint density at radius 2 is 1.78 bits per heavy atom. The molecule has 0 aliphatic carbocycles. The van der Waals surface area contributed by atoms with Crippen LogP contribution in [0.1, 0.15) is 10.4 Å². The molecule has 0 saturated heterocycles. The number of thioether (sulfide) groups is 2. The van der Waals surface area contributed by atoms with Crippen LogP contribution in [0.5, 0.6) is 0 Å². The Morgan fingerprint density at radius 1 is 1.09 bits per heavy atom. The van der Waals surface area contributed by atoms with Crippen LogP contribution >= 0.6 is 35.1 Å². The Kier molecular flexibility index (Phi) is 5.10. The number of hydrogen-bond donors (Lipinski definition) is 0. The smallest absolute Gasteiger partial charge is 0.228 e. The van der Waals surface area contributed by atoms with E-state index in [0.29, 0.717) is 10.6 Å². The molecule has 1 aromatic heterocycles. The molecule has 0 radical (unpaired) electrons. The first-order chi connectivity index (χ1) is 11.2. The van der Waals surface area contributed by atoms with Crippen molar-refractivity contribution in [3.63, 3.8) is 0 Å². The van der Waals surface area contributed by atoms with Crippen LogP contribution in [0.15, 0.2) is 70.7 Å². The Bertz CT molecular complexity index is 816. The van der Waals surface area contributed by atoms with Crippen LogP contribution in [0, 0.1) is 0 Å². The Morgan fingerprint density at radius 3 is 2.43 bits per heavy atom. The number of carbonyl (C=O) groups is 1. The maximum Gasteiger partial charge on any atom is 0.228 e. The third kappa shape index (κ3) is 3.80. The van der Waals surface area contributed by atoms with E-state index >= 15 is 0 Å². The van der Waals surface area contributed by atoms with Crippen molar-refractivity contribution in [2.24, 2.45) is 0 Å². The molecule has 3 aromatic rings. The second-order valence-electron chi connectivity index (χ2n) is 4.68. The molecule has 6 heteroatoms. The lowest BCUT2D eigenvalue weighted by atomic mass is 10.3. The van der Waals surface area contributed by atoms with Crippen LogP contribution in [-0.2, 0) is 0 Å². The minimum atomic E-state index is -0.0288. The zero-order chi connectivity index (χ0) is 16.2. The van der Waals surface area contributed by atoms with Crippen molar-refractivity contribution in [3.8, 4) is 5.69 Å². The zero-order valence-corrected chi connectivity index (χ0v) is 14.7. The molecule has 0 atom stereocenters. The Hall–Kier alpha value is -1.69. The highest BCUT2D eigenvalue weighted by Gasteiger charge is 2.17. The van der Waals surface area contributed by atoms with E-state index in [2.05, 4.69) is 5.10 Å². The number of nitrogens with zero attached hydrogens (tertiary/aromatic N) is 2. The van der Waals surface area contributed by atoms with E-state index in [4.69, 9.17) is 11.6 Å². The quantitative estimate of drug-likeness (QED) is 0.600. The molecule has 0 bridgehead atoms. The SMILES string of the molecule is CSc1nn(-c2ccccc2)cc1C(=O)Sc1ccc(Cl)cc1. The van der Waals surface area contributed by atoms with Gasteiger partial charge in [0.1, 0.15) is 5.03 Å². The lowest BCUT2D eigenvalue weighted by Gasteiger charge is -2.00. The van der Waals surface area contributed by atoms with Crippen LogP contribution in [0.3, 0.4) is 0 Å². The molecule has 23 heavy (non-hydrogen) atoms. The number of aromatic nitrogens is 2. The molecule has 116 valence electrons. The second kappa shape index (κ2) is 7.25. The highest BCUT2D eigenvalue weighted by Crippen LogP contribution is 2.29. The highest BCUT2D eigenvalue weighted by molar-refractivity contribution is 8.14. The molecule has 0 fully saturated rings. The molecule has 0 spiro atoms. The summed E-state index contributed by atoms with van der Waals surface area (Å²) in [6.07, 6.45) is 3.70. The maximum absolute atomic E-state index is 12.6. The molecule has 1 heterocycles. The van der Waals surface area contributed by atoms with Crippen LogP contribution in [0.25, 0.3) is 5.69 Å². The van der Waals surface area contributed by atoms with Gasteiger partial charge in [-0.2, -0.15) is 5.10 Å². The molecule has 2 aromatic carbocycles. The Labute approximate surface area is 148 Å². The molecule has 0 aliphatic heterocycles. The summed E-state index contributed by atoms with van der Waals surface area (Å²) in [5.41, 5.74) is 1.54. The highest BCUT2D eigenvalue weighted by atomic mass is 35.5. The van der Waals surface area contributed by atoms with E-state index in [1.807, 2.05) is 48.7 Å². The van der Waals surface area contributed by atoms with Gasteiger partial charge in [0, 0.05) is 16.1 Å². The number of benzene rings is 2. The summed E-state index contributed by atoms with van der Waals surface area (Å²) in [4.78, 5) is 13.4. The zero-order valence-electron chi connectivity index (χ0n) is 12.3. The number of para-hydroxylation sites is 1. The molecular formula is C17H13ClN2OS2. The maximum atomic E-state index is 12.6. The summed E-state index contributed by atoms with van der Waals surface area (Å²) in [6.45, 7) is 0. The molecule has 0 aliphatic rings. The summed E-state index contributed by atoms with van der Waals surface area (Å²) < 4.78 is 1.74. The third-order valence-corrected chi connectivity index (χ3v) is 4.99. The van der Waals surface area contributed by atoms with Gasteiger partial charge in [0.2, 0.25) is 5.12 Å². The normalized spacial score (nSPS) is 10.7. The lowest BCUT2D eigenvalue weighted by Crippen LogP contribution is -1.94. The fourth-order valence-electron chi connectivity index (χ4n) is 2.03. The van der Waals surface area contributed by atoms with Crippen LogP contribution in [0.2, 0.25) is 5.02 Å². The summed E-state index contributed by atoms with van der Waals surface area (Å²) in [5, 5.41) is 5.85. The van der Waals surface area contributed by atoms with Crippen molar-refractivity contribution < 1.29 is 4.79 Å². The van der Waals surface area contributed by atoms with E-state index in [0.717, 1.165) is 15.6 Å². The lowest BCUT2D eigenvalue weighted by molar-refractivity contribution is 0.108. The molecule has 3 rings (SSSR count). The molecule has 0 unspecified atom stereocenters. The van der Waals surface area contributed by atoms with Gasteiger partial charge in [0.25, 0.3) is 0 Å². The molecule has 0 amide bonds. The van der Waals surface area contributed by atoms with Gasteiger partial charge >= 0.3 is 0 Å². The molecular weight excluding hydrogens is 348 g/mol. The van der Waals surface area contributed by atoms with Crippen molar-refractivity contribution in [1.82, 2.24) is 9.78 Å². The van der Waals surface area contributed by atoms with E-state index in [-0.39, 0.29) is 5.12 Å². The van der Waals surface area contributed by atoms with Gasteiger partial charge in [-0.3, -0.25) is 4.79 Å². The van der Waals surface area contributed by atoms with Crippen LogP contribution in [0.4, 0.5) is 0 Å². The first-order valence-electron chi connectivity index (χ1n) is 6.84. The summed E-state index contributed by atoms with van der Waals surface area (Å²) in [7, 11) is 0. The van der Waals surface area contributed by atoms with Gasteiger partial charge < -0.3 is 0 Å². The predicted molar refractivity (Wildman–Crippen MR) is 97.0 cm³/mol. The van der Waals surface area contributed by atoms with Crippen molar-refractivity contribution in [2.45, 2.75) is 9.92 Å². The average Bonchev–Trinajstić information content (AvgIpc) is 3.02. The van der Waals surface area contributed by atoms with Gasteiger partial charge in [0.15, 0.2) is 0 Å². The topological polar surface area (TPSA) is 34.9 Å². The number of rotatable bonds is 4. The fourth-order valence-corrected chi connectivity index (χ4v) is 3.50. The predicted octanol–water partition coefficient (Wildman–Crippen LogP) is 5.18. The summed E-state index contributed by atoms with van der Waals surface area (Å²) >= 11 is 8.52. The number of hydrogen-bond acceptors (Lipinski definition) is 4. The van der Waals surface area contributed by atoms with E-state index in [9.17, 15) is 4.79 Å². The van der Waals surface area contributed by atoms with Crippen molar-refractivity contribution in [3.05, 3.63) is 71.4 Å². The van der Waals surface area contributed by atoms with E-state index < -0.39 is 0 Å². The first-order valence-corrected chi connectivity index (χ1v) is 9.26. The minimum Gasteiger partial charge on any atom is -0.281 e. The number of carbonyl (C=O) groups excluding carboxylic acids is 1. The van der Waals surface area contributed by atoms with Crippen molar-refractivity contribution in [2.75, 3.05) is 6.26 Å². The van der Waals surface area contributed by atoms with Crippen LogP contribution < -0.4 is 0 Å². The van der Waals surface area contributed by atoms with Crippen molar-refractivity contribution >= 4 is 40.2 Å². The van der Waals surface area contributed by atoms with Gasteiger partial charge in [-0.15, -0.1) is 11.8 Å². The fraction of sp³-hybridized carbons (Fsp3) is 0.0588. The second-order valence-corrected chi connectivity index (χ2v) is 6.95. The monoisotopic (exact) mass is 360 g/mol. The Balaban J connectivity index is 1.88. The minimum absolute atomic E-state index is 0.0288. The first kappa shape index (κ1) is 16.2. The van der Waals surface area contributed by atoms with Gasteiger partial charge in [-0.05, 0) is 54.4 Å². The van der Waals surface area contributed by atoms with Gasteiger partial charge in [0.05, 0.1) is 11.3 Å². The standard InChI is InChI=1S/C17H13ClN2OS2/c1-22-16-15(11-20(19-16)13-5-3-2-4-6-13)17(21)23-14-9-7-12(18)8-10-14/h2-11H,1H3.